The maximum absolute atomic E-state index is 11.0. The third-order valence-electron chi connectivity index (χ3n) is 4.48. The van der Waals surface area contributed by atoms with Crippen LogP contribution in [-0.4, -0.2) is 44.8 Å². The van der Waals surface area contributed by atoms with Crippen LogP contribution in [0, 0.1) is 5.92 Å². The minimum Gasteiger partial charge on any atom is -0.489 e. The van der Waals surface area contributed by atoms with Crippen molar-refractivity contribution < 1.29 is 9.53 Å². The fraction of sp³-hybridized carbons (Fsp3) is 0.550. The monoisotopic (exact) mass is 371 g/mol. The van der Waals surface area contributed by atoms with Gasteiger partial charge in [0.1, 0.15) is 11.9 Å². The normalized spacial score (nSPS) is 17.4. The van der Waals surface area contributed by atoms with E-state index in [2.05, 4.69) is 40.3 Å². The van der Waals surface area contributed by atoms with Gasteiger partial charge < -0.3 is 10.1 Å². The van der Waals surface area contributed by atoms with Crippen LogP contribution in [0.15, 0.2) is 30.7 Å². The molecule has 3 rings (SSSR count). The zero-order chi connectivity index (χ0) is 19.2. The lowest BCUT2D eigenvalue weighted by Gasteiger charge is -2.16. The highest BCUT2D eigenvalue weighted by Crippen LogP contribution is 2.20. The minimum absolute atomic E-state index is 0.0636. The molecular weight excluding hydrogens is 342 g/mol. The van der Waals surface area contributed by atoms with E-state index in [1.807, 2.05) is 23.0 Å². The molecule has 146 valence electrons. The molecule has 0 aliphatic carbocycles. The lowest BCUT2D eigenvalue weighted by molar-refractivity contribution is -0.119. The standard InChI is InChI=1S/C20H29N5O2/c1-15(2)11-25-13-17(9-23-25)12-24-7-5-20(14-24)27-19-4-6-21-18(8-19)10-22-16(3)26/h4,6,8-9,13,15,20H,5,7,10-12,14H2,1-3H3,(H,22,26). The molecule has 0 saturated carbocycles. The lowest BCUT2D eigenvalue weighted by Crippen LogP contribution is -2.24. The zero-order valence-corrected chi connectivity index (χ0v) is 16.4. The third-order valence-corrected chi connectivity index (χ3v) is 4.48. The first-order chi connectivity index (χ1) is 13.0. The second-order valence-electron chi connectivity index (χ2n) is 7.62. The molecule has 1 aliphatic heterocycles. The molecule has 0 radical (unpaired) electrons. The Bertz CT molecular complexity index is 758. The maximum Gasteiger partial charge on any atom is 0.217 e. The van der Waals surface area contributed by atoms with E-state index in [-0.39, 0.29) is 12.0 Å². The SMILES string of the molecule is CC(=O)NCc1cc(OC2CCN(Cc3cnn(CC(C)C)c3)C2)ccn1. The number of pyridine rings is 1. The maximum atomic E-state index is 11.0. The highest BCUT2D eigenvalue weighted by Gasteiger charge is 2.24. The van der Waals surface area contributed by atoms with Crippen molar-refractivity contribution in [3.8, 4) is 5.75 Å². The molecule has 1 fully saturated rings. The molecule has 0 aromatic carbocycles. The van der Waals surface area contributed by atoms with Gasteiger partial charge in [0, 0.05) is 57.1 Å². The largest absolute Gasteiger partial charge is 0.489 e. The number of nitrogens with zero attached hydrogens (tertiary/aromatic N) is 4. The van der Waals surface area contributed by atoms with E-state index >= 15 is 0 Å². The Kier molecular flexibility index (Phi) is 6.45. The van der Waals surface area contributed by atoms with Crippen LogP contribution in [-0.2, 0) is 24.4 Å². The van der Waals surface area contributed by atoms with E-state index in [9.17, 15) is 4.79 Å². The summed E-state index contributed by atoms with van der Waals surface area (Å²) in [6.07, 6.45) is 7.01. The Balaban J connectivity index is 1.49. The van der Waals surface area contributed by atoms with E-state index < -0.39 is 0 Å². The van der Waals surface area contributed by atoms with Crippen molar-refractivity contribution in [2.75, 3.05) is 13.1 Å². The Labute approximate surface area is 160 Å². The Morgan fingerprint density at radius 2 is 2.30 bits per heavy atom. The van der Waals surface area contributed by atoms with Gasteiger partial charge >= 0.3 is 0 Å². The first-order valence-corrected chi connectivity index (χ1v) is 9.57. The first-order valence-electron chi connectivity index (χ1n) is 9.57. The van der Waals surface area contributed by atoms with Crippen LogP contribution in [0.4, 0.5) is 0 Å². The van der Waals surface area contributed by atoms with Gasteiger partial charge in [-0.2, -0.15) is 5.10 Å². The summed E-state index contributed by atoms with van der Waals surface area (Å²) in [5.74, 6) is 1.34. The van der Waals surface area contributed by atoms with Gasteiger partial charge in [-0.3, -0.25) is 19.4 Å². The zero-order valence-electron chi connectivity index (χ0n) is 16.4. The molecule has 0 bridgehead atoms. The van der Waals surface area contributed by atoms with Crippen LogP contribution in [0.25, 0.3) is 0 Å². The molecule has 7 heteroatoms. The summed E-state index contributed by atoms with van der Waals surface area (Å²) in [5, 5.41) is 7.20. The van der Waals surface area contributed by atoms with Crippen molar-refractivity contribution in [3.63, 3.8) is 0 Å². The number of likely N-dealkylation sites (tertiary alicyclic amines) is 1. The first kappa shape index (κ1) is 19.4. The van der Waals surface area contributed by atoms with Crippen molar-refractivity contribution in [3.05, 3.63) is 42.0 Å². The Morgan fingerprint density at radius 1 is 1.44 bits per heavy atom. The molecule has 2 aromatic rings. The van der Waals surface area contributed by atoms with Crippen molar-refractivity contribution in [1.29, 1.82) is 0 Å². The van der Waals surface area contributed by atoms with Crippen LogP contribution in [0.5, 0.6) is 5.75 Å². The average Bonchev–Trinajstić information content (AvgIpc) is 3.23. The molecule has 1 saturated heterocycles. The number of rotatable bonds is 8. The second kappa shape index (κ2) is 8.99. The van der Waals surface area contributed by atoms with E-state index in [0.717, 1.165) is 44.0 Å². The smallest absolute Gasteiger partial charge is 0.217 e. The van der Waals surface area contributed by atoms with Crippen molar-refractivity contribution in [1.82, 2.24) is 25.0 Å². The van der Waals surface area contributed by atoms with Gasteiger partial charge in [0.2, 0.25) is 5.91 Å². The molecule has 3 heterocycles. The van der Waals surface area contributed by atoms with Crippen LogP contribution in [0.2, 0.25) is 0 Å². The molecule has 7 nitrogen and oxygen atoms in total. The highest BCUT2D eigenvalue weighted by atomic mass is 16.5. The van der Waals surface area contributed by atoms with Crippen LogP contribution in [0.1, 0.15) is 38.4 Å². The molecule has 1 amide bonds. The number of aromatic nitrogens is 3. The number of nitrogens with one attached hydrogen (secondary N) is 1. The fourth-order valence-electron chi connectivity index (χ4n) is 3.29. The number of carbonyl (C=O) groups is 1. The predicted octanol–water partition coefficient (Wildman–Crippen LogP) is 2.22. The molecule has 1 unspecified atom stereocenters. The summed E-state index contributed by atoms with van der Waals surface area (Å²) in [7, 11) is 0. The van der Waals surface area contributed by atoms with E-state index in [1.54, 1.807) is 6.20 Å². The molecule has 1 aliphatic rings. The van der Waals surface area contributed by atoms with Gasteiger partial charge in [-0.15, -0.1) is 0 Å². The van der Waals surface area contributed by atoms with Gasteiger partial charge in [-0.05, 0) is 18.4 Å². The number of ether oxygens (including phenoxy) is 1. The van der Waals surface area contributed by atoms with Gasteiger partial charge in [-0.25, -0.2) is 0 Å². The number of amides is 1. The van der Waals surface area contributed by atoms with E-state index in [4.69, 9.17) is 4.74 Å². The molecule has 2 aromatic heterocycles. The van der Waals surface area contributed by atoms with E-state index in [1.165, 1.54) is 12.5 Å². The summed E-state index contributed by atoms with van der Waals surface area (Å²) in [6, 6.07) is 3.77. The van der Waals surface area contributed by atoms with Crippen LogP contribution >= 0.6 is 0 Å². The van der Waals surface area contributed by atoms with Gasteiger partial charge in [0.15, 0.2) is 0 Å². The van der Waals surface area contributed by atoms with Gasteiger partial charge in [0.05, 0.1) is 18.4 Å². The number of hydrogen-bond acceptors (Lipinski definition) is 5. The van der Waals surface area contributed by atoms with Crippen molar-refractivity contribution in [2.24, 2.45) is 5.92 Å². The summed E-state index contributed by atoms with van der Waals surface area (Å²) in [5.41, 5.74) is 2.05. The van der Waals surface area contributed by atoms with Crippen molar-refractivity contribution in [2.45, 2.75) is 52.9 Å². The topological polar surface area (TPSA) is 72.3 Å². The average molecular weight is 371 g/mol. The molecular formula is C20H29N5O2. The van der Waals surface area contributed by atoms with E-state index in [0.29, 0.717) is 12.5 Å². The summed E-state index contributed by atoms with van der Waals surface area (Å²) in [6.45, 7) is 10.1. The number of hydrogen-bond donors (Lipinski definition) is 1. The molecule has 0 spiro atoms. The molecule has 1 N–H and O–H groups in total. The number of carbonyl (C=O) groups excluding carboxylic acids is 1. The van der Waals surface area contributed by atoms with Gasteiger partial charge in [-0.1, -0.05) is 13.8 Å². The third kappa shape index (κ3) is 6.06. The summed E-state index contributed by atoms with van der Waals surface area (Å²) < 4.78 is 8.16. The lowest BCUT2D eigenvalue weighted by atomic mass is 10.2. The quantitative estimate of drug-likeness (QED) is 0.770. The predicted molar refractivity (Wildman–Crippen MR) is 103 cm³/mol. The molecule has 1 atom stereocenters. The second-order valence-corrected chi connectivity index (χ2v) is 7.62. The highest BCUT2D eigenvalue weighted by molar-refractivity contribution is 5.72. The van der Waals surface area contributed by atoms with Gasteiger partial charge in [0.25, 0.3) is 0 Å². The van der Waals surface area contributed by atoms with Crippen LogP contribution in [0.3, 0.4) is 0 Å². The summed E-state index contributed by atoms with van der Waals surface area (Å²) >= 11 is 0. The Hall–Kier alpha value is -2.41. The summed E-state index contributed by atoms with van der Waals surface area (Å²) in [4.78, 5) is 17.7. The molecule has 27 heavy (non-hydrogen) atoms. The Morgan fingerprint density at radius 3 is 3.07 bits per heavy atom. The van der Waals surface area contributed by atoms with Crippen molar-refractivity contribution >= 4 is 5.91 Å². The fourth-order valence-corrected chi connectivity index (χ4v) is 3.29. The van der Waals surface area contributed by atoms with Crippen LogP contribution < -0.4 is 10.1 Å². The minimum atomic E-state index is -0.0636.